The number of hydrogen-bond acceptors (Lipinski definition) is 7. The number of aromatic nitrogens is 3. The lowest BCUT2D eigenvalue weighted by molar-refractivity contribution is 0.0866. The van der Waals surface area contributed by atoms with Gasteiger partial charge in [0.05, 0.1) is 29.7 Å². The molecular weight excluding hydrogens is 608 g/mol. The van der Waals surface area contributed by atoms with Crippen molar-refractivity contribution in [3.8, 4) is 11.5 Å². The van der Waals surface area contributed by atoms with Crippen LogP contribution in [0.3, 0.4) is 0 Å². The minimum Gasteiger partial charge on any atom is -0.491 e. The van der Waals surface area contributed by atoms with E-state index in [1.54, 1.807) is 6.07 Å². The van der Waals surface area contributed by atoms with Gasteiger partial charge in [-0.3, -0.25) is 0 Å². The second-order valence-electron chi connectivity index (χ2n) is 8.55. The maximum atomic E-state index is 10.3. The van der Waals surface area contributed by atoms with Crippen LogP contribution >= 0.6 is 45.8 Å². The highest BCUT2D eigenvalue weighted by molar-refractivity contribution is 14.1. The van der Waals surface area contributed by atoms with Gasteiger partial charge in [-0.1, -0.05) is 48.9 Å². The molecule has 2 atom stereocenters. The highest BCUT2D eigenvalue weighted by atomic mass is 127. The van der Waals surface area contributed by atoms with Gasteiger partial charge in [0.2, 0.25) is 0 Å². The van der Waals surface area contributed by atoms with Crippen LogP contribution in [0.15, 0.2) is 42.5 Å². The van der Waals surface area contributed by atoms with Gasteiger partial charge >= 0.3 is 0 Å². The number of halogens is 3. The fourth-order valence-corrected chi connectivity index (χ4v) is 4.29. The van der Waals surface area contributed by atoms with Crippen molar-refractivity contribution in [1.82, 2.24) is 15.0 Å². The topological polar surface area (TPSA) is 110 Å². The lowest BCUT2D eigenvalue weighted by Gasteiger charge is -2.27. The molecule has 0 spiro atoms. The standard InChI is InChI=1S/C24H28Cl2IN3O5/c1-24(2,16-5-8-22(20(26)9-16)35-13-17(32)10-25)15-3-6-19(7-4-15)34-14-18(33)11-30-21(12-31)23(27)28-29-30/h3-9,17-18,31-33H,10-14H2,1-2H3/t17-,18?/m1/s1. The third kappa shape index (κ3) is 7.21. The first kappa shape index (κ1) is 27.9. The van der Waals surface area contributed by atoms with Crippen molar-refractivity contribution in [1.29, 1.82) is 0 Å². The first-order valence-electron chi connectivity index (χ1n) is 10.9. The van der Waals surface area contributed by atoms with Gasteiger partial charge in [0.15, 0.2) is 0 Å². The summed E-state index contributed by atoms with van der Waals surface area (Å²) >= 11 is 14.0. The number of alkyl halides is 1. The van der Waals surface area contributed by atoms with Crippen molar-refractivity contribution in [2.75, 3.05) is 19.1 Å². The van der Waals surface area contributed by atoms with Gasteiger partial charge in [-0.25, -0.2) is 4.68 Å². The normalized spacial score (nSPS) is 13.5. The van der Waals surface area contributed by atoms with Crippen LogP contribution in [0.4, 0.5) is 0 Å². The number of aliphatic hydroxyl groups excluding tert-OH is 3. The summed E-state index contributed by atoms with van der Waals surface area (Å²) in [6.45, 7) is 4.29. The van der Waals surface area contributed by atoms with Gasteiger partial charge in [0.25, 0.3) is 0 Å². The molecule has 0 radical (unpaired) electrons. The van der Waals surface area contributed by atoms with Crippen LogP contribution in [0.25, 0.3) is 0 Å². The molecule has 35 heavy (non-hydrogen) atoms. The summed E-state index contributed by atoms with van der Waals surface area (Å²) in [5, 5.41) is 37.6. The lowest BCUT2D eigenvalue weighted by atomic mass is 9.78. The number of benzene rings is 2. The molecule has 11 heteroatoms. The number of rotatable bonds is 12. The Labute approximate surface area is 227 Å². The molecule has 1 unspecified atom stereocenters. The molecule has 2 aromatic carbocycles. The Hall–Kier alpha value is -1.63. The maximum Gasteiger partial charge on any atom is 0.149 e. The third-order valence-electron chi connectivity index (χ3n) is 5.60. The summed E-state index contributed by atoms with van der Waals surface area (Å²) in [6.07, 6.45) is -1.57. The molecule has 0 aliphatic rings. The predicted octanol–water partition coefficient (Wildman–Crippen LogP) is 3.77. The summed E-state index contributed by atoms with van der Waals surface area (Å²) in [4.78, 5) is 0. The quantitative estimate of drug-likeness (QED) is 0.205. The average molecular weight is 636 g/mol. The first-order chi connectivity index (χ1) is 16.6. The Kier molecular flexibility index (Phi) is 10.0. The highest BCUT2D eigenvalue weighted by Gasteiger charge is 2.24. The molecule has 3 aromatic rings. The van der Waals surface area contributed by atoms with E-state index in [0.29, 0.717) is 25.9 Å². The molecule has 3 rings (SSSR count). The number of ether oxygens (including phenoxy) is 2. The van der Waals surface area contributed by atoms with E-state index in [0.717, 1.165) is 11.1 Å². The van der Waals surface area contributed by atoms with Gasteiger partial charge in [-0.15, -0.1) is 16.7 Å². The lowest BCUT2D eigenvalue weighted by Crippen LogP contribution is -2.25. The van der Waals surface area contributed by atoms with E-state index < -0.39 is 12.2 Å². The van der Waals surface area contributed by atoms with Gasteiger partial charge in [0, 0.05) is 5.41 Å². The van der Waals surface area contributed by atoms with E-state index in [4.69, 9.17) is 32.7 Å². The Bertz CT molecular complexity index is 1110. The van der Waals surface area contributed by atoms with Crippen molar-refractivity contribution >= 4 is 45.8 Å². The molecule has 1 heterocycles. The Morgan fingerprint density at radius 2 is 1.69 bits per heavy atom. The SMILES string of the molecule is CC(C)(c1ccc(OCC(O)Cn2nnc(I)c2CO)cc1)c1ccc(OC[C@H](O)CCl)c(Cl)c1. The Balaban J connectivity index is 1.61. The second kappa shape index (κ2) is 12.6. The van der Waals surface area contributed by atoms with Crippen LogP contribution in [0, 0.1) is 3.70 Å². The van der Waals surface area contributed by atoms with Gasteiger partial charge in [0.1, 0.15) is 40.6 Å². The first-order valence-corrected chi connectivity index (χ1v) is 12.9. The summed E-state index contributed by atoms with van der Waals surface area (Å²) < 4.78 is 13.4. The summed E-state index contributed by atoms with van der Waals surface area (Å²) in [5.74, 6) is 1.20. The second-order valence-corrected chi connectivity index (χ2v) is 10.3. The summed E-state index contributed by atoms with van der Waals surface area (Å²) in [5.41, 5.74) is 2.26. The van der Waals surface area contributed by atoms with Crippen molar-refractivity contribution < 1.29 is 24.8 Å². The van der Waals surface area contributed by atoms with Crippen LogP contribution in [-0.4, -0.2) is 61.6 Å². The number of nitrogens with zero attached hydrogens (tertiary/aromatic N) is 3. The van der Waals surface area contributed by atoms with Crippen LogP contribution in [0.2, 0.25) is 5.02 Å². The van der Waals surface area contributed by atoms with Crippen LogP contribution < -0.4 is 9.47 Å². The van der Waals surface area contributed by atoms with E-state index in [-0.39, 0.29) is 37.7 Å². The molecule has 0 bridgehead atoms. The van der Waals surface area contributed by atoms with E-state index in [2.05, 4.69) is 24.2 Å². The van der Waals surface area contributed by atoms with Crippen molar-refractivity contribution in [3.05, 3.63) is 68.0 Å². The smallest absolute Gasteiger partial charge is 0.149 e. The molecule has 8 nitrogen and oxygen atoms in total. The van der Waals surface area contributed by atoms with Crippen molar-refractivity contribution in [3.63, 3.8) is 0 Å². The third-order valence-corrected chi connectivity index (χ3v) is 7.09. The molecule has 0 fully saturated rings. The summed E-state index contributed by atoms with van der Waals surface area (Å²) in [7, 11) is 0. The van der Waals surface area contributed by atoms with Crippen LogP contribution in [-0.2, 0) is 18.6 Å². The molecule has 0 saturated carbocycles. The van der Waals surface area contributed by atoms with Crippen LogP contribution in [0.5, 0.6) is 11.5 Å². The zero-order chi connectivity index (χ0) is 25.6. The summed E-state index contributed by atoms with van der Waals surface area (Å²) in [6, 6.07) is 13.2. The zero-order valence-corrected chi connectivity index (χ0v) is 23.0. The molecule has 0 saturated heterocycles. The number of aliphatic hydroxyl groups is 3. The fourth-order valence-electron chi connectivity index (χ4n) is 3.42. The van der Waals surface area contributed by atoms with Gasteiger partial charge < -0.3 is 24.8 Å². The molecule has 3 N–H and O–H groups in total. The largest absolute Gasteiger partial charge is 0.491 e. The molecule has 0 aliphatic carbocycles. The minimum absolute atomic E-state index is 0.0690. The van der Waals surface area contributed by atoms with E-state index in [1.165, 1.54) is 4.68 Å². The molecule has 0 aliphatic heterocycles. The zero-order valence-electron chi connectivity index (χ0n) is 19.4. The molecular formula is C24H28Cl2IN3O5. The average Bonchev–Trinajstić information content (AvgIpc) is 3.20. The van der Waals surface area contributed by atoms with E-state index >= 15 is 0 Å². The highest BCUT2D eigenvalue weighted by Crippen LogP contribution is 2.36. The van der Waals surface area contributed by atoms with Gasteiger partial charge in [-0.2, -0.15) is 0 Å². The fraction of sp³-hybridized carbons (Fsp3) is 0.417. The van der Waals surface area contributed by atoms with Crippen LogP contribution in [0.1, 0.15) is 30.7 Å². The number of hydrogen-bond donors (Lipinski definition) is 3. The molecule has 1 aromatic heterocycles. The monoisotopic (exact) mass is 635 g/mol. The van der Waals surface area contributed by atoms with Crippen molar-refractivity contribution in [2.45, 2.75) is 44.6 Å². The maximum absolute atomic E-state index is 10.3. The Morgan fingerprint density at radius 1 is 1.03 bits per heavy atom. The van der Waals surface area contributed by atoms with E-state index in [9.17, 15) is 15.3 Å². The molecule has 190 valence electrons. The van der Waals surface area contributed by atoms with Gasteiger partial charge in [-0.05, 0) is 58.0 Å². The van der Waals surface area contributed by atoms with E-state index in [1.807, 2.05) is 59.0 Å². The Morgan fingerprint density at radius 3 is 2.31 bits per heavy atom. The molecule has 0 amide bonds. The minimum atomic E-state index is -0.817. The predicted molar refractivity (Wildman–Crippen MR) is 142 cm³/mol. The van der Waals surface area contributed by atoms with Crippen molar-refractivity contribution in [2.24, 2.45) is 0 Å².